The molecule has 1 fully saturated rings. The van der Waals surface area contributed by atoms with E-state index >= 15 is 0 Å². The van der Waals surface area contributed by atoms with Crippen molar-refractivity contribution in [1.82, 2.24) is 5.32 Å². The Balaban J connectivity index is 2.96. The molecule has 1 saturated carbocycles. The highest BCUT2D eigenvalue weighted by molar-refractivity contribution is 5.73. The summed E-state index contributed by atoms with van der Waals surface area (Å²) in [6.07, 6.45) is 4.95. The van der Waals surface area contributed by atoms with Crippen LogP contribution in [-0.4, -0.2) is 11.9 Å². The maximum atomic E-state index is 11.4. The molecule has 17 heavy (non-hydrogen) atoms. The molecule has 0 aromatic rings. The highest BCUT2D eigenvalue weighted by Crippen LogP contribution is 2.36. The third kappa shape index (κ3) is 3.58. The van der Waals surface area contributed by atoms with E-state index in [0.29, 0.717) is 11.8 Å². The van der Waals surface area contributed by atoms with Crippen molar-refractivity contribution >= 4 is 5.91 Å². The van der Waals surface area contributed by atoms with Gasteiger partial charge in [0.05, 0.1) is 6.04 Å². The van der Waals surface area contributed by atoms with Gasteiger partial charge in [-0.3, -0.25) is 4.79 Å². The van der Waals surface area contributed by atoms with Gasteiger partial charge in [0.25, 0.3) is 0 Å². The predicted octanol–water partition coefficient (Wildman–Crippen LogP) is 3.67. The maximum absolute atomic E-state index is 11.4. The standard InChI is InChI=1S/C15H27NO/c1-6-11(4)14(13-8-7-9-13)15(10(2)3)16-12(5)17/h10-11,15H,6-9H2,1-5H3,(H,16,17). The largest absolute Gasteiger partial charge is 0.350 e. The van der Waals surface area contributed by atoms with E-state index in [-0.39, 0.29) is 11.9 Å². The number of hydrogen-bond donors (Lipinski definition) is 1. The van der Waals surface area contributed by atoms with E-state index < -0.39 is 0 Å². The molecule has 0 radical (unpaired) electrons. The van der Waals surface area contributed by atoms with Crippen LogP contribution < -0.4 is 5.32 Å². The lowest BCUT2D eigenvalue weighted by molar-refractivity contribution is -0.119. The van der Waals surface area contributed by atoms with E-state index in [1.54, 1.807) is 12.5 Å². The minimum Gasteiger partial charge on any atom is -0.350 e. The number of carbonyl (C=O) groups is 1. The van der Waals surface area contributed by atoms with Crippen LogP contribution in [-0.2, 0) is 4.79 Å². The van der Waals surface area contributed by atoms with E-state index in [2.05, 4.69) is 33.0 Å². The van der Waals surface area contributed by atoms with Gasteiger partial charge in [-0.05, 0) is 43.1 Å². The summed E-state index contributed by atoms with van der Waals surface area (Å²) < 4.78 is 0. The molecule has 2 atom stereocenters. The SMILES string of the molecule is CCC(C)C(=C1CCC1)C(NC(C)=O)C(C)C. The molecule has 1 aliphatic carbocycles. The van der Waals surface area contributed by atoms with Crippen LogP contribution >= 0.6 is 0 Å². The fraction of sp³-hybridized carbons (Fsp3) is 0.800. The van der Waals surface area contributed by atoms with Gasteiger partial charge in [-0.1, -0.05) is 33.3 Å². The Morgan fingerprint density at radius 2 is 1.88 bits per heavy atom. The minimum absolute atomic E-state index is 0.0874. The van der Waals surface area contributed by atoms with Crippen molar-refractivity contribution < 1.29 is 4.79 Å². The van der Waals surface area contributed by atoms with Crippen molar-refractivity contribution in [2.24, 2.45) is 11.8 Å². The van der Waals surface area contributed by atoms with Crippen LogP contribution in [0, 0.1) is 11.8 Å². The molecular formula is C15H27NO. The second kappa shape index (κ2) is 6.23. The third-order valence-electron chi connectivity index (χ3n) is 3.87. The van der Waals surface area contributed by atoms with E-state index in [1.807, 2.05) is 0 Å². The summed E-state index contributed by atoms with van der Waals surface area (Å²) in [5.74, 6) is 1.14. The Bertz CT molecular complexity index is 298. The molecule has 1 amide bonds. The molecule has 0 aliphatic heterocycles. The average Bonchev–Trinajstić information content (AvgIpc) is 2.18. The number of nitrogens with one attached hydrogen (secondary N) is 1. The van der Waals surface area contributed by atoms with Crippen LogP contribution in [0.1, 0.15) is 60.3 Å². The van der Waals surface area contributed by atoms with Crippen molar-refractivity contribution in [2.75, 3.05) is 0 Å². The zero-order valence-electron chi connectivity index (χ0n) is 12.0. The van der Waals surface area contributed by atoms with Crippen LogP contribution in [0.25, 0.3) is 0 Å². The molecular weight excluding hydrogens is 210 g/mol. The van der Waals surface area contributed by atoms with Gasteiger partial charge in [-0.25, -0.2) is 0 Å². The highest BCUT2D eigenvalue weighted by Gasteiger charge is 2.27. The Morgan fingerprint density at radius 1 is 1.29 bits per heavy atom. The lowest BCUT2D eigenvalue weighted by atomic mass is 9.76. The van der Waals surface area contributed by atoms with Gasteiger partial charge in [-0.15, -0.1) is 0 Å². The first-order valence-electron chi connectivity index (χ1n) is 6.96. The number of carbonyl (C=O) groups excluding carboxylic acids is 1. The fourth-order valence-electron chi connectivity index (χ4n) is 2.56. The lowest BCUT2D eigenvalue weighted by Crippen LogP contribution is -2.41. The number of rotatable bonds is 5. The number of hydrogen-bond acceptors (Lipinski definition) is 1. The first-order valence-corrected chi connectivity index (χ1v) is 6.96. The Morgan fingerprint density at radius 3 is 2.18 bits per heavy atom. The lowest BCUT2D eigenvalue weighted by Gasteiger charge is -2.34. The monoisotopic (exact) mass is 237 g/mol. The van der Waals surface area contributed by atoms with Gasteiger partial charge in [0.1, 0.15) is 0 Å². The molecule has 98 valence electrons. The minimum atomic E-state index is 0.0874. The Kier molecular flexibility index (Phi) is 5.23. The summed E-state index contributed by atoms with van der Waals surface area (Å²) in [5.41, 5.74) is 3.12. The molecule has 1 N–H and O–H groups in total. The molecule has 0 aromatic heterocycles. The summed E-state index contributed by atoms with van der Waals surface area (Å²) in [5, 5.41) is 3.15. The molecule has 2 unspecified atom stereocenters. The van der Waals surface area contributed by atoms with Crippen molar-refractivity contribution in [3.63, 3.8) is 0 Å². The molecule has 0 saturated heterocycles. The normalized spacial score (nSPS) is 18.6. The Labute approximate surface area is 106 Å². The molecule has 0 aromatic carbocycles. The van der Waals surface area contributed by atoms with Crippen LogP contribution in [0.5, 0.6) is 0 Å². The molecule has 0 spiro atoms. The van der Waals surface area contributed by atoms with E-state index in [1.165, 1.54) is 24.8 Å². The van der Waals surface area contributed by atoms with Crippen LogP contribution in [0.3, 0.4) is 0 Å². The summed E-state index contributed by atoms with van der Waals surface area (Å²) in [7, 11) is 0. The highest BCUT2D eigenvalue weighted by atomic mass is 16.1. The summed E-state index contributed by atoms with van der Waals surface area (Å²) in [6, 6.07) is 0.234. The van der Waals surface area contributed by atoms with Crippen molar-refractivity contribution in [3.05, 3.63) is 11.1 Å². The van der Waals surface area contributed by atoms with E-state index in [0.717, 1.165) is 6.42 Å². The second-order valence-corrected chi connectivity index (χ2v) is 5.64. The number of amides is 1. The molecule has 0 bridgehead atoms. The third-order valence-corrected chi connectivity index (χ3v) is 3.87. The zero-order chi connectivity index (χ0) is 13.0. The smallest absolute Gasteiger partial charge is 0.217 e. The van der Waals surface area contributed by atoms with Gasteiger partial charge in [0.2, 0.25) is 5.91 Å². The Hall–Kier alpha value is -0.790. The maximum Gasteiger partial charge on any atom is 0.217 e. The first-order chi connectivity index (χ1) is 7.97. The molecule has 2 heteroatoms. The number of allylic oxidation sites excluding steroid dienone is 1. The predicted molar refractivity (Wildman–Crippen MR) is 72.8 cm³/mol. The van der Waals surface area contributed by atoms with Crippen LogP contribution in [0.2, 0.25) is 0 Å². The van der Waals surface area contributed by atoms with E-state index in [4.69, 9.17) is 0 Å². The molecule has 1 rings (SSSR count). The van der Waals surface area contributed by atoms with Gasteiger partial charge in [-0.2, -0.15) is 0 Å². The first kappa shape index (κ1) is 14.3. The second-order valence-electron chi connectivity index (χ2n) is 5.64. The topological polar surface area (TPSA) is 29.1 Å². The van der Waals surface area contributed by atoms with Crippen molar-refractivity contribution in [2.45, 2.75) is 66.3 Å². The molecule has 2 nitrogen and oxygen atoms in total. The van der Waals surface area contributed by atoms with Gasteiger partial charge < -0.3 is 5.32 Å². The fourth-order valence-corrected chi connectivity index (χ4v) is 2.56. The van der Waals surface area contributed by atoms with Gasteiger partial charge in [0, 0.05) is 6.92 Å². The van der Waals surface area contributed by atoms with Crippen LogP contribution in [0.4, 0.5) is 0 Å². The molecule has 0 heterocycles. The summed E-state index contributed by atoms with van der Waals surface area (Å²) in [6.45, 7) is 10.5. The summed E-state index contributed by atoms with van der Waals surface area (Å²) >= 11 is 0. The average molecular weight is 237 g/mol. The van der Waals surface area contributed by atoms with Gasteiger partial charge in [0.15, 0.2) is 0 Å². The van der Waals surface area contributed by atoms with Gasteiger partial charge >= 0.3 is 0 Å². The zero-order valence-corrected chi connectivity index (χ0v) is 12.0. The quantitative estimate of drug-likeness (QED) is 0.726. The van der Waals surface area contributed by atoms with Crippen LogP contribution in [0.15, 0.2) is 11.1 Å². The van der Waals surface area contributed by atoms with Crippen molar-refractivity contribution in [3.8, 4) is 0 Å². The summed E-state index contributed by atoms with van der Waals surface area (Å²) in [4.78, 5) is 11.4. The van der Waals surface area contributed by atoms with Crippen molar-refractivity contribution in [1.29, 1.82) is 0 Å². The van der Waals surface area contributed by atoms with E-state index in [9.17, 15) is 4.79 Å². The molecule has 1 aliphatic rings.